The van der Waals surface area contributed by atoms with Gasteiger partial charge in [0.15, 0.2) is 11.4 Å². The van der Waals surface area contributed by atoms with Gasteiger partial charge < -0.3 is 31.1 Å². The third kappa shape index (κ3) is 2.88. The first-order valence-corrected chi connectivity index (χ1v) is 9.94. The smallest absolute Gasteiger partial charge is 0.255 e. The van der Waals surface area contributed by atoms with E-state index in [4.69, 9.17) is 5.73 Å². The number of allylic oxidation sites excluding steroid dienone is 2. The molecule has 0 radical (unpaired) electrons. The molecule has 9 heteroatoms. The maximum atomic E-state index is 13.4. The summed E-state index contributed by atoms with van der Waals surface area (Å²) in [5.41, 5.74) is 3.27. The molecule has 3 aliphatic carbocycles. The standard InChI is InChI=1S/C22H24N2O7/c1-24(2)8-9-3-4-13(25)16-12(9)6-10-5-11-7-14(26)17(21(23)30)20(29)22(11,31)19(28)15(10)18(16)27/h3-4,10-11,25-26,28,31H,5-8H2,1-2H3,(H2,23,30)/t10-,11+,22+/m1/s1. The van der Waals surface area contributed by atoms with Crippen LogP contribution in [0.3, 0.4) is 0 Å². The van der Waals surface area contributed by atoms with Gasteiger partial charge in [-0.1, -0.05) is 6.07 Å². The SMILES string of the molecule is CN(C)Cc1ccc(O)c2c1C[C@H]1C[C@H]3CC(O)=C(C(N)=O)C(=O)[C@@]3(O)C(O)=C1C2=O. The molecular formula is C22H24N2O7. The molecule has 0 saturated heterocycles. The monoisotopic (exact) mass is 428 g/mol. The Morgan fingerprint density at radius 1 is 1.19 bits per heavy atom. The highest BCUT2D eigenvalue weighted by atomic mass is 16.3. The molecule has 4 rings (SSSR count). The summed E-state index contributed by atoms with van der Waals surface area (Å²) in [5, 5.41) is 42.7. The van der Waals surface area contributed by atoms with E-state index in [1.54, 1.807) is 6.07 Å². The number of fused-ring (bicyclic) bond motifs is 3. The highest BCUT2D eigenvalue weighted by Gasteiger charge is 2.59. The third-order valence-corrected chi connectivity index (χ3v) is 6.53. The van der Waals surface area contributed by atoms with Gasteiger partial charge in [-0.25, -0.2) is 0 Å². The molecule has 9 nitrogen and oxygen atoms in total. The largest absolute Gasteiger partial charge is 0.511 e. The topological polar surface area (TPSA) is 161 Å². The number of phenolic OH excluding ortho intramolecular Hbond substituents is 1. The fourth-order valence-corrected chi connectivity index (χ4v) is 5.17. The Morgan fingerprint density at radius 2 is 1.87 bits per heavy atom. The van der Waals surface area contributed by atoms with Crippen molar-refractivity contribution in [2.24, 2.45) is 17.6 Å². The van der Waals surface area contributed by atoms with Gasteiger partial charge in [0.25, 0.3) is 5.91 Å². The molecule has 0 saturated carbocycles. The fraction of sp³-hybridized carbons (Fsp3) is 0.409. The van der Waals surface area contributed by atoms with E-state index in [1.807, 2.05) is 19.0 Å². The summed E-state index contributed by atoms with van der Waals surface area (Å²) >= 11 is 0. The lowest BCUT2D eigenvalue weighted by Crippen LogP contribution is -2.57. The van der Waals surface area contributed by atoms with Crippen molar-refractivity contribution in [2.45, 2.75) is 31.4 Å². The van der Waals surface area contributed by atoms with Crippen LogP contribution in [0.1, 0.15) is 34.3 Å². The number of primary amides is 1. The summed E-state index contributed by atoms with van der Waals surface area (Å²) in [7, 11) is 3.75. The van der Waals surface area contributed by atoms with Crippen LogP contribution in [-0.4, -0.2) is 62.5 Å². The number of amides is 1. The molecule has 0 aromatic heterocycles. The van der Waals surface area contributed by atoms with Crippen LogP contribution in [-0.2, 0) is 22.6 Å². The predicted molar refractivity (Wildman–Crippen MR) is 108 cm³/mol. The number of Topliss-reactive ketones (excluding diaryl/α,β-unsaturated/α-hetero) is 2. The predicted octanol–water partition coefficient (Wildman–Crippen LogP) is 0.642. The molecule has 6 N–H and O–H groups in total. The number of aliphatic hydroxyl groups is 3. The molecule has 31 heavy (non-hydrogen) atoms. The van der Waals surface area contributed by atoms with Gasteiger partial charge in [-0.15, -0.1) is 0 Å². The normalized spacial score (nSPS) is 27.9. The third-order valence-electron chi connectivity index (χ3n) is 6.53. The van der Waals surface area contributed by atoms with Gasteiger partial charge in [-0.05, 0) is 50.0 Å². The number of aliphatic hydroxyl groups excluding tert-OH is 2. The number of hydrogen-bond donors (Lipinski definition) is 5. The number of aromatic hydroxyl groups is 1. The average Bonchev–Trinajstić information content (AvgIpc) is 2.66. The molecule has 1 aromatic rings. The summed E-state index contributed by atoms with van der Waals surface area (Å²) in [5.74, 6) is -6.18. The van der Waals surface area contributed by atoms with Crippen LogP contribution in [0.2, 0.25) is 0 Å². The van der Waals surface area contributed by atoms with Crippen molar-refractivity contribution in [3.05, 3.63) is 51.5 Å². The minimum Gasteiger partial charge on any atom is -0.511 e. The van der Waals surface area contributed by atoms with Crippen molar-refractivity contribution in [2.75, 3.05) is 14.1 Å². The first-order valence-electron chi connectivity index (χ1n) is 9.94. The van der Waals surface area contributed by atoms with Crippen molar-refractivity contribution in [3.63, 3.8) is 0 Å². The highest BCUT2D eigenvalue weighted by molar-refractivity contribution is 6.24. The minimum atomic E-state index is -2.54. The van der Waals surface area contributed by atoms with Gasteiger partial charge in [-0.2, -0.15) is 0 Å². The van der Waals surface area contributed by atoms with Crippen LogP contribution in [0.25, 0.3) is 0 Å². The zero-order chi connectivity index (χ0) is 22.8. The van der Waals surface area contributed by atoms with Gasteiger partial charge in [0.1, 0.15) is 22.8 Å². The van der Waals surface area contributed by atoms with Crippen LogP contribution in [0.15, 0.2) is 34.8 Å². The van der Waals surface area contributed by atoms with Crippen molar-refractivity contribution in [1.82, 2.24) is 4.90 Å². The number of phenols is 1. The summed E-state index contributed by atoms with van der Waals surface area (Å²) in [6.07, 6.45) is 0.200. The van der Waals surface area contributed by atoms with Crippen molar-refractivity contribution < 1.29 is 34.8 Å². The van der Waals surface area contributed by atoms with Crippen LogP contribution in [0, 0.1) is 11.8 Å². The second-order valence-corrected chi connectivity index (χ2v) is 8.75. The summed E-state index contributed by atoms with van der Waals surface area (Å²) in [4.78, 5) is 39.8. The molecule has 164 valence electrons. The van der Waals surface area contributed by atoms with Crippen LogP contribution < -0.4 is 5.73 Å². The molecule has 0 unspecified atom stereocenters. The lowest BCUT2D eigenvalue weighted by molar-refractivity contribution is -0.144. The molecule has 1 aromatic carbocycles. The summed E-state index contributed by atoms with van der Waals surface area (Å²) in [6.45, 7) is 0.533. The van der Waals surface area contributed by atoms with Gasteiger partial charge in [0, 0.05) is 24.5 Å². The molecule has 0 bridgehead atoms. The van der Waals surface area contributed by atoms with E-state index < -0.39 is 52.0 Å². The number of hydrogen-bond acceptors (Lipinski definition) is 8. The Bertz CT molecular complexity index is 1100. The second-order valence-electron chi connectivity index (χ2n) is 8.75. The van der Waals surface area contributed by atoms with E-state index in [0.717, 1.165) is 5.56 Å². The van der Waals surface area contributed by atoms with E-state index in [0.29, 0.717) is 18.5 Å². The lowest BCUT2D eigenvalue weighted by atomic mass is 9.60. The Kier molecular flexibility index (Phi) is 4.71. The number of rotatable bonds is 3. The van der Waals surface area contributed by atoms with E-state index in [-0.39, 0.29) is 29.7 Å². The number of carbonyl (C=O) groups is 3. The van der Waals surface area contributed by atoms with Gasteiger partial charge >= 0.3 is 0 Å². The Hall–Kier alpha value is -3.17. The van der Waals surface area contributed by atoms with E-state index in [1.165, 1.54) is 6.07 Å². The molecule has 1 amide bonds. The van der Waals surface area contributed by atoms with Crippen LogP contribution in [0.4, 0.5) is 0 Å². The molecule has 0 spiro atoms. The average molecular weight is 428 g/mol. The maximum Gasteiger partial charge on any atom is 0.255 e. The molecular weight excluding hydrogens is 404 g/mol. The first-order chi connectivity index (χ1) is 14.5. The van der Waals surface area contributed by atoms with Gasteiger partial charge in [-0.3, -0.25) is 14.4 Å². The zero-order valence-corrected chi connectivity index (χ0v) is 17.2. The van der Waals surface area contributed by atoms with E-state index in [2.05, 4.69) is 0 Å². The minimum absolute atomic E-state index is 0.0379. The summed E-state index contributed by atoms with van der Waals surface area (Å²) in [6, 6.07) is 3.15. The van der Waals surface area contributed by atoms with Crippen molar-refractivity contribution in [3.8, 4) is 5.75 Å². The van der Waals surface area contributed by atoms with Gasteiger partial charge in [0.05, 0.1) is 5.56 Å². The molecule has 3 atom stereocenters. The molecule has 0 heterocycles. The number of nitrogens with two attached hydrogens (primary N) is 1. The fourth-order valence-electron chi connectivity index (χ4n) is 5.17. The lowest BCUT2D eigenvalue weighted by Gasteiger charge is -2.45. The zero-order valence-electron chi connectivity index (χ0n) is 17.2. The van der Waals surface area contributed by atoms with Crippen LogP contribution >= 0.6 is 0 Å². The highest BCUT2D eigenvalue weighted by Crippen LogP contribution is 2.51. The number of carbonyl (C=O) groups excluding carboxylic acids is 3. The van der Waals surface area contributed by atoms with Crippen molar-refractivity contribution >= 4 is 17.5 Å². The summed E-state index contributed by atoms with van der Waals surface area (Å²) < 4.78 is 0. The van der Waals surface area contributed by atoms with Gasteiger partial charge in [0.2, 0.25) is 5.78 Å². The van der Waals surface area contributed by atoms with E-state index >= 15 is 0 Å². The maximum absolute atomic E-state index is 13.4. The van der Waals surface area contributed by atoms with Crippen molar-refractivity contribution in [1.29, 1.82) is 0 Å². The number of ketones is 2. The molecule has 3 aliphatic rings. The number of nitrogens with zero attached hydrogens (tertiary/aromatic N) is 1. The Balaban J connectivity index is 1.89. The Labute approximate surface area is 178 Å². The van der Waals surface area contributed by atoms with Crippen LogP contribution in [0.5, 0.6) is 5.75 Å². The quantitative estimate of drug-likeness (QED) is 0.438. The van der Waals surface area contributed by atoms with E-state index in [9.17, 15) is 34.8 Å². The first kappa shape index (κ1) is 21.1. The number of benzene rings is 1. The molecule has 0 fully saturated rings. The molecule has 0 aliphatic heterocycles. The second kappa shape index (κ2) is 6.93. The Morgan fingerprint density at radius 3 is 2.48 bits per heavy atom.